The number of rotatable bonds is 22. The summed E-state index contributed by atoms with van der Waals surface area (Å²) in [4.78, 5) is 14.0. The van der Waals surface area contributed by atoms with E-state index in [9.17, 15) is 10.1 Å². The first-order valence-corrected chi connectivity index (χ1v) is 14.8. The lowest BCUT2D eigenvalue weighted by atomic mass is 9.85. The van der Waals surface area contributed by atoms with E-state index in [1.807, 2.05) is 24.3 Å². The molecular weight excluding hydrogens is 570 g/mol. The van der Waals surface area contributed by atoms with Gasteiger partial charge in [0.1, 0.15) is 19.0 Å². The Hall–Kier alpha value is -3.87. The number of ether oxygens (including phenoxy) is 7. The van der Waals surface area contributed by atoms with Gasteiger partial charge in [-0.05, 0) is 65.0 Å². The Morgan fingerprint density at radius 2 is 1.23 bits per heavy atom. The van der Waals surface area contributed by atoms with Gasteiger partial charge in [0, 0.05) is 0 Å². The van der Waals surface area contributed by atoms with E-state index in [1.165, 1.54) is 21.9 Å². The molecule has 0 spiro atoms. The molecule has 3 aromatic rings. The third-order valence-electron chi connectivity index (χ3n) is 7.33. The van der Waals surface area contributed by atoms with E-state index >= 15 is 0 Å². The van der Waals surface area contributed by atoms with Crippen molar-refractivity contribution >= 4 is 5.95 Å². The van der Waals surface area contributed by atoms with Crippen molar-refractivity contribution < 1.29 is 38.1 Å². The van der Waals surface area contributed by atoms with Gasteiger partial charge in [0.15, 0.2) is 23.0 Å². The molecule has 0 radical (unpaired) electrons. The molecule has 0 saturated carbocycles. The molecular formula is C32H45N3O9. The Morgan fingerprint density at radius 3 is 1.77 bits per heavy atom. The normalized spacial score (nSPS) is 12.5. The van der Waals surface area contributed by atoms with Crippen molar-refractivity contribution in [1.82, 2.24) is 9.55 Å². The number of methoxy groups -OCH3 is 3. The van der Waals surface area contributed by atoms with Gasteiger partial charge in [-0.3, -0.25) is 0 Å². The zero-order valence-corrected chi connectivity index (χ0v) is 26.4. The second-order valence-electron chi connectivity index (χ2n) is 10.4. The molecule has 0 bridgehead atoms. The van der Waals surface area contributed by atoms with Crippen LogP contribution in [-0.4, -0.2) is 82.1 Å². The summed E-state index contributed by atoms with van der Waals surface area (Å²) in [5, 5.41) is 10.9. The highest BCUT2D eigenvalue weighted by Crippen LogP contribution is 2.32. The molecule has 0 amide bonds. The fraction of sp³-hybridized carbons (Fsp3) is 0.531. The van der Waals surface area contributed by atoms with E-state index < -0.39 is 4.92 Å². The van der Waals surface area contributed by atoms with Gasteiger partial charge >= 0.3 is 5.95 Å². The maximum Gasteiger partial charge on any atom is 0.434 e. The quantitative estimate of drug-likeness (QED) is 0.0866. The highest BCUT2D eigenvalue weighted by atomic mass is 16.6. The van der Waals surface area contributed by atoms with Crippen molar-refractivity contribution in [2.24, 2.45) is 11.8 Å². The zero-order valence-electron chi connectivity index (χ0n) is 26.4. The molecule has 2 atom stereocenters. The molecule has 2 aromatic carbocycles. The van der Waals surface area contributed by atoms with Crippen LogP contribution in [0, 0.1) is 22.0 Å². The monoisotopic (exact) mass is 615 g/mol. The van der Waals surface area contributed by atoms with E-state index in [0.29, 0.717) is 76.1 Å². The molecule has 0 fully saturated rings. The first kappa shape index (κ1) is 34.6. The number of imidazole rings is 1. The van der Waals surface area contributed by atoms with Gasteiger partial charge in [0.2, 0.25) is 0 Å². The second-order valence-corrected chi connectivity index (χ2v) is 10.4. The summed E-state index contributed by atoms with van der Waals surface area (Å²) in [5.41, 5.74) is 2.41. The van der Waals surface area contributed by atoms with Crippen LogP contribution in [0.1, 0.15) is 25.0 Å². The number of benzene rings is 2. The fourth-order valence-electron chi connectivity index (χ4n) is 4.68. The molecule has 0 N–H and O–H groups in total. The van der Waals surface area contributed by atoms with Crippen molar-refractivity contribution in [3.05, 3.63) is 70.0 Å². The van der Waals surface area contributed by atoms with E-state index in [4.69, 9.17) is 33.2 Å². The highest BCUT2D eigenvalue weighted by Gasteiger charge is 2.17. The summed E-state index contributed by atoms with van der Waals surface area (Å²) in [7, 11) is 4.94. The van der Waals surface area contributed by atoms with Crippen LogP contribution in [-0.2, 0) is 33.6 Å². The minimum atomic E-state index is -0.519. The summed E-state index contributed by atoms with van der Waals surface area (Å²) in [6.07, 6.45) is 4.80. The van der Waals surface area contributed by atoms with Gasteiger partial charge in [-0.1, -0.05) is 31.0 Å². The lowest BCUT2D eigenvalue weighted by molar-refractivity contribution is -0.396. The van der Waals surface area contributed by atoms with E-state index in [-0.39, 0.29) is 5.95 Å². The second kappa shape index (κ2) is 18.7. The van der Waals surface area contributed by atoms with Crippen LogP contribution in [0.25, 0.3) is 0 Å². The van der Waals surface area contributed by atoms with Crippen molar-refractivity contribution in [1.29, 1.82) is 0 Å². The van der Waals surface area contributed by atoms with Gasteiger partial charge in [-0.25, -0.2) is 4.57 Å². The number of nitrogens with zero attached hydrogens (tertiary/aromatic N) is 3. The van der Waals surface area contributed by atoms with Crippen molar-refractivity contribution in [2.75, 3.05) is 67.6 Å². The third-order valence-corrected chi connectivity index (χ3v) is 7.33. The summed E-state index contributed by atoms with van der Waals surface area (Å²) >= 11 is 0. The number of hydrogen-bond acceptors (Lipinski definition) is 10. The Balaban J connectivity index is 1.31. The summed E-state index contributed by atoms with van der Waals surface area (Å²) < 4.78 is 40.4. The van der Waals surface area contributed by atoms with E-state index in [0.717, 1.165) is 24.3 Å². The van der Waals surface area contributed by atoms with Crippen LogP contribution in [0.2, 0.25) is 0 Å². The fourth-order valence-corrected chi connectivity index (χ4v) is 4.68. The first-order chi connectivity index (χ1) is 21.4. The Kier molecular flexibility index (Phi) is 14.7. The maximum atomic E-state index is 10.9. The average Bonchev–Trinajstić information content (AvgIpc) is 3.50. The molecule has 44 heavy (non-hydrogen) atoms. The molecule has 0 aliphatic rings. The van der Waals surface area contributed by atoms with E-state index in [2.05, 4.69) is 31.0 Å². The minimum absolute atomic E-state index is 0.194. The SMILES string of the molecule is COc1ccc(C[C@@H](C)[C@@H](C)Cc2ccc(OC)c(OCCOCCOCCOCCn3ccnc3[N+](=O)[O-])c2)cc1OC. The molecule has 0 aliphatic carbocycles. The van der Waals surface area contributed by atoms with Gasteiger partial charge in [-0.15, -0.1) is 0 Å². The Morgan fingerprint density at radius 1 is 0.727 bits per heavy atom. The predicted molar refractivity (Wildman–Crippen MR) is 165 cm³/mol. The highest BCUT2D eigenvalue weighted by molar-refractivity contribution is 5.44. The van der Waals surface area contributed by atoms with Crippen LogP contribution in [0.15, 0.2) is 48.8 Å². The van der Waals surface area contributed by atoms with Crippen LogP contribution in [0.5, 0.6) is 23.0 Å². The van der Waals surface area contributed by atoms with Crippen LogP contribution in [0.3, 0.4) is 0 Å². The van der Waals surface area contributed by atoms with Gasteiger partial charge < -0.3 is 43.3 Å². The van der Waals surface area contributed by atoms with Gasteiger partial charge in [0.25, 0.3) is 0 Å². The van der Waals surface area contributed by atoms with Crippen LogP contribution >= 0.6 is 0 Å². The molecule has 12 heteroatoms. The molecule has 1 heterocycles. The summed E-state index contributed by atoms with van der Waals surface area (Å²) in [6.45, 7) is 7.66. The summed E-state index contributed by atoms with van der Waals surface area (Å²) in [6, 6.07) is 12.2. The smallest absolute Gasteiger partial charge is 0.434 e. The van der Waals surface area contributed by atoms with Crippen molar-refractivity contribution in [3.63, 3.8) is 0 Å². The molecule has 0 aliphatic heterocycles. The molecule has 0 saturated heterocycles. The molecule has 1 aromatic heterocycles. The molecule has 12 nitrogen and oxygen atoms in total. The zero-order chi connectivity index (χ0) is 31.7. The molecule has 0 unspecified atom stereocenters. The largest absolute Gasteiger partial charge is 0.493 e. The number of hydrogen-bond donors (Lipinski definition) is 0. The number of nitro groups is 1. The standard InChI is InChI=1S/C32H45N3O9/c1-24(20-26-6-8-28(38-3)30(22-26)40-5)25(2)21-27-7-9-29(39-4)31(23-27)44-19-18-43-17-16-42-15-14-41-13-12-34-11-10-33-32(34)35(36)37/h6-11,22-25H,12-21H2,1-5H3/t24-,25+/m1/s1. The lowest BCUT2D eigenvalue weighted by Gasteiger charge is -2.21. The Labute approximate surface area is 259 Å². The minimum Gasteiger partial charge on any atom is -0.493 e. The molecule has 242 valence electrons. The summed E-state index contributed by atoms with van der Waals surface area (Å²) in [5.74, 6) is 3.57. The topological polar surface area (TPSA) is 126 Å². The first-order valence-electron chi connectivity index (χ1n) is 14.8. The average molecular weight is 616 g/mol. The third kappa shape index (κ3) is 11.0. The van der Waals surface area contributed by atoms with Crippen LogP contribution < -0.4 is 18.9 Å². The molecule has 3 rings (SSSR count). The lowest BCUT2D eigenvalue weighted by Crippen LogP contribution is -2.15. The van der Waals surface area contributed by atoms with Gasteiger partial charge in [-0.2, -0.15) is 0 Å². The predicted octanol–water partition coefficient (Wildman–Crippen LogP) is 5.00. The van der Waals surface area contributed by atoms with Crippen molar-refractivity contribution in [3.8, 4) is 23.0 Å². The Bertz CT molecular complexity index is 1280. The van der Waals surface area contributed by atoms with Gasteiger partial charge in [0.05, 0.1) is 67.5 Å². The maximum absolute atomic E-state index is 10.9. The van der Waals surface area contributed by atoms with E-state index in [1.54, 1.807) is 27.5 Å². The van der Waals surface area contributed by atoms with Crippen molar-refractivity contribution in [2.45, 2.75) is 33.2 Å². The number of aromatic nitrogens is 2. The van der Waals surface area contributed by atoms with Crippen LogP contribution in [0.4, 0.5) is 5.95 Å².